The van der Waals surface area contributed by atoms with Crippen LogP contribution in [-0.2, 0) is 9.53 Å². The second kappa shape index (κ2) is 6.75. The molecule has 0 fully saturated rings. The second-order valence-electron chi connectivity index (χ2n) is 5.21. The van der Waals surface area contributed by atoms with Gasteiger partial charge in [0.1, 0.15) is 4.88 Å². The Morgan fingerprint density at radius 3 is 2.27 bits per heavy atom. The van der Waals surface area contributed by atoms with Crippen molar-refractivity contribution in [1.82, 2.24) is 0 Å². The number of aryl methyl sites for hydroxylation is 3. The number of hydrogen-bond donors (Lipinski definition) is 1. The molecular weight excluding hydrogens is 298 g/mol. The van der Waals surface area contributed by atoms with Gasteiger partial charge in [-0.15, -0.1) is 11.3 Å². The van der Waals surface area contributed by atoms with Crippen molar-refractivity contribution in [2.45, 2.75) is 33.8 Å². The summed E-state index contributed by atoms with van der Waals surface area (Å²) in [4.78, 5) is 25.7. The fraction of sp³-hybridized carbons (Fsp3) is 0.294. The minimum Gasteiger partial charge on any atom is -0.448 e. The molecule has 1 N–H and O–H groups in total. The summed E-state index contributed by atoms with van der Waals surface area (Å²) in [7, 11) is 0. The summed E-state index contributed by atoms with van der Waals surface area (Å²) >= 11 is 1.35. The van der Waals surface area contributed by atoms with Crippen LogP contribution in [0.2, 0.25) is 0 Å². The third kappa shape index (κ3) is 3.74. The summed E-state index contributed by atoms with van der Waals surface area (Å²) in [5.41, 5.74) is 2.71. The maximum Gasteiger partial charge on any atom is 0.349 e. The third-order valence-corrected chi connectivity index (χ3v) is 4.30. The van der Waals surface area contributed by atoms with Gasteiger partial charge in [0.25, 0.3) is 5.91 Å². The predicted octanol–water partition coefficient (Wildman–Crippen LogP) is 3.86. The summed E-state index contributed by atoms with van der Waals surface area (Å²) in [6.45, 7) is 7.33. The monoisotopic (exact) mass is 317 g/mol. The molecule has 1 unspecified atom stereocenters. The van der Waals surface area contributed by atoms with Gasteiger partial charge in [0.15, 0.2) is 6.10 Å². The Kier molecular flexibility index (Phi) is 4.98. The van der Waals surface area contributed by atoms with Gasteiger partial charge >= 0.3 is 5.97 Å². The van der Waals surface area contributed by atoms with Gasteiger partial charge in [-0.25, -0.2) is 4.79 Å². The fourth-order valence-electron chi connectivity index (χ4n) is 2.05. The third-order valence-electron chi connectivity index (χ3n) is 3.32. The van der Waals surface area contributed by atoms with Crippen molar-refractivity contribution >= 4 is 28.9 Å². The van der Waals surface area contributed by atoms with Gasteiger partial charge in [-0.2, -0.15) is 0 Å². The number of rotatable bonds is 4. The molecule has 1 aromatic carbocycles. The van der Waals surface area contributed by atoms with E-state index in [2.05, 4.69) is 5.32 Å². The summed E-state index contributed by atoms with van der Waals surface area (Å²) in [6.07, 6.45) is -0.853. The van der Waals surface area contributed by atoms with Gasteiger partial charge in [-0.05, 0) is 51.0 Å². The number of ether oxygens (including phenoxy) is 1. The quantitative estimate of drug-likeness (QED) is 0.871. The largest absolute Gasteiger partial charge is 0.448 e. The first-order valence-corrected chi connectivity index (χ1v) is 7.84. The molecule has 1 amide bonds. The van der Waals surface area contributed by atoms with Crippen molar-refractivity contribution in [3.05, 3.63) is 51.2 Å². The van der Waals surface area contributed by atoms with E-state index in [1.54, 1.807) is 13.0 Å². The number of thiophene rings is 1. The van der Waals surface area contributed by atoms with E-state index >= 15 is 0 Å². The van der Waals surface area contributed by atoms with Crippen LogP contribution in [0.15, 0.2) is 30.3 Å². The van der Waals surface area contributed by atoms with Gasteiger partial charge in [0.2, 0.25) is 0 Å². The summed E-state index contributed by atoms with van der Waals surface area (Å²) in [5.74, 6) is -0.804. The van der Waals surface area contributed by atoms with E-state index in [1.807, 2.05) is 45.0 Å². The number of amides is 1. The molecular formula is C17H19NO3S. The van der Waals surface area contributed by atoms with Crippen molar-refractivity contribution in [2.24, 2.45) is 0 Å². The van der Waals surface area contributed by atoms with Crippen LogP contribution >= 0.6 is 11.3 Å². The van der Waals surface area contributed by atoms with Gasteiger partial charge < -0.3 is 10.1 Å². The molecule has 0 bridgehead atoms. The number of carbonyl (C=O) groups is 2. The molecule has 0 saturated carbocycles. The molecule has 0 aliphatic rings. The van der Waals surface area contributed by atoms with E-state index in [0.29, 0.717) is 4.88 Å². The minimum absolute atomic E-state index is 0.334. The topological polar surface area (TPSA) is 55.4 Å². The van der Waals surface area contributed by atoms with Crippen LogP contribution in [0.3, 0.4) is 0 Å². The van der Waals surface area contributed by atoms with Crippen molar-refractivity contribution in [3.8, 4) is 0 Å². The van der Waals surface area contributed by atoms with E-state index in [0.717, 1.165) is 21.7 Å². The number of esters is 1. The Bertz CT molecular complexity index is 685. The molecule has 1 heterocycles. The van der Waals surface area contributed by atoms with Gasteiger partial charge in [-0.1, -0.05) is 18.2 Å². The zero-order valence-corrected chi connectivity index (χ0v) is 13.9. The van der Waals surface area contributed by atoms with Gasteiger partial charge in [0.05, 0.1) is 0 Å². The fourth-order valence-corrected chi connectivity index (χ4v) is 2.80. The Balaban J connectivity index is 2.02. The lowest BCUT2D eigenvalue weighted by Crippen LogP contribution is -2.30. The van der Waals surface area contributed by atoms with Crippen molar-refractivity contribution < 1.29 is 14.3 Å². The number of hydrogen-bond acceptors (Lipinski definition) is 4. The molecule has 4 nitrogen and oxygen atoms in total. The average Bonchev–Trinajstić information content (AvgIpc) is 2.89. The van der Waals surface area contributed by atoms with Crippen molar-refractivity contribution in [3.63, 3.8) is 0 Å². The highest BCUT2D eigenvalue weighted by Gasteiger charge is 2.20. The van der Waals surface area contributed by atoms with Crippen LogP contribution in [0.4, 0.5) is 5.69 Å². The highest BCUT2D eigenvalue weighted by molar-refractivity contribution is 7.13. The highest BCUT2D eigenvalue weighted by atomic mass is 32.1. The number of benzene rings is 1. The molecule has 2 rings (SSSR count). The Morgan fingerprint density at radius 1 is 1.09 bits per heavy atom. The smallest absolute Gasteiger partial charge is 0.349 e. The van der Waals surface area contributed by atoms with Crippen LogP contribution in [0.1, 0.15) is 32.6 Å². The highest BCUT2D eigenvalue weighted by Crippen LogP contribution is 2.20. The average molecular weight is 317 g/mol. The molecule has 22 heavy (non-hydrogen) atoms. The molecule has 0 aliphatic heterocycles. The maximum absolute atomic E-state index is 12.2. The maximum atomic E-state index is 12.2. The van der Waals surface area contributed by atoms with Crippen LogP contribution in [0.5, 0.6) is 0 Å². The van der Waals surface area contributed by atoms with Crippen LogP contribution in [0.25, 0.3) is 0 Å². The molecule has 2 aromatic rings. The lowest BCUT2D eigenvalue weighted by molar-refractivity contribution is -0.123. The molecule has 0 spiro atoms. The van der Waals surface area contributed by atoms with E-state index in [1.165, 1.54) is 11.3 Å². The van der Waals surface area contributed by atoms with E-state index < -0.39 is 12.1 Å². The standard InChI is InChI=1S/C17H19NO3S/c1-10-6-5-7-11(2)15(10)18-16(19)13(4)21-17(20)14-9-8-12(3)22-14/h5-9,13H,1-4H3,(H,18,19). The van der Waals surface area contributed by atoms with Crippen molar-refractivity contribution in [2.75, 3.05) is 5.32 Å². The SMILES string of the molecule is Cc1ccc(C(=O)OC(C)C(=O)Nc2c(C)cccc2C)s1. The first kappa shape index (κ1) is 16.2. The first-order valence-electron chi connectivity index (χ1n) is 7.03. The van der Waals surface area contributed by atoms with E-state index in [9.17, 15) is 9.59 Å². The second-order valence-corrected chi connectivity index (χ2v) is 6.50. The zero-order chi connectivity index (χ0) is 16.3. The summed E-state index contributed by atoms with van der Waals surface area (Å²) in [5, 5.41) is 2.83. The molecule has 5 heteroatoms. The summed E-state index contributed by atoms with van der Waals surface area (Å²) < 4.78 is 5.22. The van der Waals surface area contributed by atoms with E-state index in [4.69, 9.17) is 4.74 Å². The van der Waals surface area contributed by atoms with Crippen molar-refractivity contribution in [1.29, 1.82) is 0 Å². The molecule has 116 valence electrons. The van der Waals surface area contributed by atoms with Crippen LogP contribution in [-0.4, -0.2) is 18.0 Å². The normalized spacial score (nSPS) is 11.8. The Labute approximate surface area is 134 Å². The summed E-state index contributed by atoms with van der Waals surface area (Å²) in [6, 6.07) is 9.34. The molecule has 0 radical (unpaired) electrons. The lowest BCUT2D eigenvalue weighted by Gasteiger charge is -2.15. The first-order chi connectivity index (χ1) is 10.4. The number of anilines is 1. The predicted molar refractivity (Wildman–Crippen MR) is 88.5 cm³/mol. The molecule has 1 aromatic heterocycles. The number of nitrogens with one attached hydrogen (secondary N) is 1. The van der Waals surface area contributed by atoms with E-state index in [-0.39, 0.29) is 5.91 Å². The number of carbonyl (C=O) groups excluding carboxylic acids is 2. The van der Waals surface area contributed by atoms with Crippen LogP contribution < -0.4 is 5.32 Å². The molecule has 1 atom stereocenters. The molecule has 0 aliphatic carbocycles. The minimum atomic E-state index is -0.853. The van der Waals surface area contributed by atoms with Crippen LogP contribution in [0, 0.1) is 20.8 Å². The Morgan fingerprint density at radius 2 is 1.73 bits per heavy atom. The Hall–Kier alpha value is -2.14. The number of para-hydroxylation sites is 1. The lowest BCUT2D eigenvalue weighted by atomic mass is 10.1. The zero-order valence-electron chi connectivity index (χ0n) is 13.1. The van der Waals surface area contributed by atoms with Gasteiger partial charge in [0, 0.05) is 10.6 Å². The van der Waals surface area contributed by atoms with Gasteiger partial charge in [-0.3, -0.25) is 4.79 Å². The molecule has 0 saturated heterocycles.